The topological polar surface area (TPSA) is 121 Å². The number of nitrogens with zero attached hydrogens (tertiary/aromatic N) is 4. The molecule has 8 heteroatoms. The number of anilines is 1. The van der Waals surface area contributed by atoms with Gasteiger partial charge in [-0.25, -0.2) is 4.98 Å². The molecule has 0 aliphatic heterocycles. The highest BCUT2D eigenvalue weighted by Gasteiger charge is 2.14. The predicted octanol–water partition coefficient (Wildman–Crippen LogP) is 1.76. The fourth-order valence-electron chi connectivity index (χ4n) is 1.59. The van der Waals surface area contributed by atoms with Gasteiger partial charge in [-0.1, -0.05) is 0 Å². The average Bonchev–Trinajstić information content (AvgIpc) is 2.92. The van der Waals surface area contributed by atoms with E-state index in [1.165, 1.54) is 24.5 Å². The molecule has 1 aromatic carbocycles. The van der Waals surface area contributed by atoms with E-state index < -0.39 is 4.92 Å². The van der Waals surface area contributed by atoms with Crippen molar-refractivity contribution in [2.75, 3.05) is 5.32 Å². The first kappa shape index (κ1) is 12.5. The van der Waals surface area contributed by atoms with Gasteiger partial charge in [0.25, 0.3) is 5.69 Å². The number of H-pyrrole nitrogens is 1. The lowest BCUT2D eigenvalue weighted by atomic mass is 10.1. The minimum Gasteiger partial charge on any atom is -0.374 e. The van der Waals surface area contributed by atoms with Crippen LogP contribution in [0.25, 0.3) is 0 Å². The number of hydrogen-bond acceptors (Lipinski definition) is 6. The van der Waals surface area contributed by atoms with Crippen molar-refractivity contribution in [3.05, 3.63) is 46.0 Å². The highest BCUT2D eigenvalue weighted by atomic mass is 16.6. The summed E-state index contributed by atoms with van der Waals surface area (Å²) in [5, 5.41) is 29.2. The van der Waals surface area contributed by atoms with Gasteiger partial charge in [0.15, 0.2) is 0 Å². The largest absolute Gasteiger partial charge is 0.374 e. The molecule has 2 N–H and O–H groups in total. The van der Waals surface area contributed by atoms with Gasteiger partial charge < -0.3 is 5.32 Å². The molecule has 1 unspecified atom stereocenters. The summed E-state index contributed by atoms with van der Waals surface area (Å²) in [5.74, 6) is 0.613. The Bertz CT molecular complexity index is 631. The number of non-ortho nitro benzene ring substituents is 1. The van der Waals surface area contributed by atoms with E-state index in [1.807, 2.05) is 13.0 Å². The molecule has 0 spiro atoms. The number of aromatic amines is 1. The summed E-state index contributed by atoms with van der Waals surface area (Å²) in [7, 11) is 0. The van der Waals surface area contributed by atoms with Gasteiger partial charge in [-0.3, -0.25) is 15.2 Å². The van der Waals surface area contributed by atoms with Crippen molar-refractivity contribution in [2.45, 2.75) is 13.0 Å². The number of nitro benzene ring substituents is 1. The van der Waals surface area contributed by atoms with Crippen LogP contribution in [-0.2, 0) is 0 Å². The predicted molar refractivity (Wildman–Crippen MR) is 66.2 cm³/mol. The summed E-state index contributed by atoms with van der Waals surface area (Å²) in [6.45, 7) is 1.84. The van der Waals surface area contributed by atoms with Crippen LogP contribution in [0.3, 0.4) is 0 Å². The van der Waals surface area contributed by atoms with Crippen molar-refractivity contribution in [3.63, 3.8) is 0 Å². The van der Waals surface area contributed by atoms with Gasteiger partial charge in [0, 0.05) is 12.1 Å². The molecule has 0 saturated heterocycles. The zero-order valence-electron chi connectivity index (χ0n) is 9.99. The summed E-state index contributed by atoms with van der Waals surface area (Å²) < 4.78 is 0. The van der Waals surface area contributed by atoms with Crippen molar-refractivity contribution < 1.29 is 4.92 Å². The molecule has 0 bridgehead atoms. The van der Waals surface area contributed by atoms with Crippen molar-refractivity contribution in [3.8, 4) is 6.07 Å². The molecule has 0 aliphatic rings. The van der Waals surface area contributed by atoms with E-state index in [-0.39, 0.29) is 17.3 Å². The third kappa shape index (κ3) is 2.66. The van der Waals surface area contributed by atoms with Crippen LogP contribution in [-0.4, -0.2) is 20.1 Å². The third-order valence-electron chi connectivity index (χ3n) is 2.55. The normalized spacial score (nSPS) is 11.6. The van der Waals surface area contributed by atoms with E-state index >= 15 is 0 Å². The van der Waals surface area contributed by atoms with Crippen molar-refractivity contribution >= 4 is 11.4 Å². The molecular formula is C11H10N6O2. The van der Waals surface area contributed by atoms with E-state index in [4.69, 9.17) is 5.26 Å². The first-order chi connectivity index (χ1) is 9.11. The van der Waals surface area contributed by atoms with E-state index in [9.17, 15) is 10.1 Å². The Kier molecular flexibility index (Phi) is 3.38. The minimum atomic E-state index is -0.537. The maximum absolute atomic E-state index is 10.6. The average molecular weight is 258 g/mol. The molecule has 1 heterocycles. The van der Waals surface area contributed by atoms with Crippen LogP contribution in [0.2, 0.25) is 0 Å². The zero-order chi connectivity index (χ0) is 13.8. The Morgan fingerprint density at radius 1 is 1.58 bits per heavy atom. The highest BCUT2D eigenvalue weighted by molar-refractivity contribution is 5.61. The Morgan fingerprint density at radius 2 is 2.37 bits per heavy atom. The van der Waals surface area contributed by atoms with Gasteiger partial charge in [0.2, 0.25) is 0 Å². The summed E-state index contributed by atoms with van der Waals surface area (Å²) in [6, 6.07) is 5.81. The van der Waals surface area contributed by atoms with Crippen LogP contribution in [0.5, 0.6) is 0 Å². The number of nitrogens with one attached hydrogen (secondary N) is 2. The Labute approximate surface area is 108 Å². The Hall–Kier alpha value is -2.95. The molecule has 0 radical (unpaired) electrons. The summed E-state index contributed by atoms with van der Waals surface area (Å²) >= 11 is 0. The summed E-state index contributed by atoms with van der Waals surface area (Å²) in [4.78, 5) is 14.1. The number of rotatable bonds is 4. The van der Waals surface area contributed by atoms with Gasteiger partial charge in [0.1, 0.15) is 18.2 Å². The number of aromatic nitrogens is 3. The van der Waals surface area contributed by atoms with Gasteiger partial charge in [-0.05, 0) is 13.0 Å². The van der Waals surface area contributed by atoms with Crippen LogP contribution in [0.1, 0.15) is 24.4 Å². The second-order valence-corrected chi connectivity index (χ2v) is 3.84. The monoisotopic (exact) mass is 258 g/mol. The number of nitriles is 1. The molecule has 2 aromatic rings. The first-order valence-corrected chi connectivity index (χ1v) is 5.42. The lowest BCUT2D eigenvalue weighted by molar-refractivity contribution is -0.384. The number of hydrogen-bond donors (Lipinski definition) is 2. The third-order valence-corrected chi connectivity index (χ3v) is 2.55. The molecule has 8 nitrogen and oxygen atoms in total. The zero-order valence-corrected chi connectivity index (χ0v) is 9.99. The second kappa shape index (κ2) is 5.14. The fraction of sp³-hybridized carbons (Fsp3) is 0.182. The molecule has 2 rings (SSSR count). The SMILES string of the molecule is CC(Nc1ccc([N+](=O)[O-])cc1C#N)c1ncn[nH]1. The first-order valence-electron chi connectivity index (χ1n) is 5.42. The second-order valence-electron chi connectivity index (χ2n) is 3.84. The van der Waals surface area contributed by atoms with Gasteiger partial charge >= 0.3 is 0 Å². The van der Waals surface area contributed by atoms with Crippen LogP contribution in [0.4, 0.5) is 11.4 Å². The van der Waals surface area contributed by atoms with Gasteiger partial charge in [-0.15, -0.1) is 0 Å². The molecule has 0 fully saturated rings. The highest BCUT2D eigenvalue weighted by Crippen LogP contribution is 2.24. The molecule has 1 atom stereocenters. The van der Waals surface area contributed by atoms with Crippen molar-refractivity contribution in [1.82, 2.24) is 15.2 Å². The molecule has 0 aliphatic carbocycles. The van der Waals surface area contributed by atoms with Crippen LogP contribution >= 0.6 is 0 Å². The smallest absolute Gasteiger partial charge is 0.270 e. The van der Waals surface area contributed by atoms with E-state index in [1.54, 1.807) is 0 Å². The summed E-state index contributed by atoms with van der Waals surface area (Å²) in [6.07, 6.45) is 1.38. The number of nitro groups is 1. The maximum atomic E-state index is 10.6. The van der Waals surface area contributed by atoms with Crippen molar-refractivity contribution in [2.24, 2.45) is 0 Å². The van der Waals surface area contributed by atoms with Crippen LogP contribution < -0.4 is 5.32 Å². The van der Waals surface area contributed by atoms with Gasteiger partial charge in [-0.2, -0.15) is 10.4 Å². The molecule has 96 valence electrons. The van der Waals surface area contributed by atoms with Crippen molar-refractivity contribution in [1.29, 1.82) is 5.26 Å². The van der Waals surface area contributed by atoms with E-state index in [0.717, 1.165) is 0 Å². The summed E-state index contributed by atoms with van der Waals surface area (Å²) in [5.41, 5.74) is 0.604. The maximum Gasteiger partial charge on any atom is 0.270 e. The molecule has 0 saturated carbocycles. The van der Waals surface area contributed by atoms with E-state index in [2.05, 4.69) is 20.5 Å². The lowest BCUT2D eigenvalue weighted by Gasteiger charge is -2.13. The van der Waals surface area contributed by atoms with E-state index in [0.29, 0.717) is 11.5 Å². The quantitative estimate of drug-likeness (QED) is 0.636. The molecule has 0 amide bonds. The van der Waals surface area contributed by atoms with Crippen LogP contribution in [0.15, 0.2) is 24.5 Å². The Balaban J connectivity index is 2.26. The number of benzene rings is 1. The van der Waals surface area contributed by atoms with Crippen LogP contribution in [0, 0.1) is 21.4 Å². The molecular weight excluding hydrogens is 248 g/mol. The Morgan fingerprint density at radius 3 is 2.95 bits per heavy atom. The minimum absolute atomic E-state index is 0.116. The lowest BCUT2D eigenvalue weighted by Crippen LogP contribution is -2.09. The molecule has 19 heavy (non-hydrogen) atoms. The van der Waals surface area contributed by atoms with Gasteiger partial charge in [0.05, 0.1) is 22.2 Å². The molecule has 1 aromatic heterocycles. The fourth-order valence-corrected chi connectivity index (χ4v) is 1.59. The standard InChI is InChI=1S/C11H10N6O2/c1-7(11-13-6-14-16-11)15-10-3-2-9(17(18)19)4-8(10)5-12/h2-4,6-7,15H,1H3,(H,13,14,16).